The maximum atomic E-state index is 12.0. The Morgan fingerprint density at radius 3 is 2.71 bits per heavy atom. The number of furan rings is 1. The van der Waals surface area contributed by atoms with Crippen LogP contribution in [-0.4, -0.2) is 55.2 Å². The number of thioether (sulfide) groups is 1. The first kappa shape index (κ1) is 16.4. The molecule has 0 aliphatic carbocycles. The van der Waals surface area contributed by atoms with Crippen molar-refractivity contribution in [1.29, 1.82) is 0 Å². The van der Waals surface area contributed by atoms with Crippen LogP contribution < -0.4 is 5.32 Å². The molecule has 1 amide bonds. The molecule has 0 bridgehead atoms. The van der Waals surface area contributed by atoms with Crippen molar-refractivity contribution in [2.45, 2.75) is 25.1 Å². The zero-order valence-electron chi connectivity index (χ0n) is 12.9. The average molecular weight is 312 g/mol. The van der Waals surface area contributed by atoms with Crippen LogP contribution in [0, 0.1) is 6.92 Å². The Kier molecular flexibility index (Phi) is 6.14. The smallest absolute Gasteiger partial charge is 0.232 e. The van der Waals surface area contributed by atoms with Crippen molar-refractivity contribution in [1.82, 2.24) is 10.2 Å². The van der Waals surface area contributed by atoms with Crippen LogP contribution in [0.2, 0.25) is 0 Å². The van der Waals surface area contributed by atoms with Crippen molar-refractivity contribution in [3.8, 4) is 0 Å². The van der Waals surface area contributed by atoms with Gasteiger partial charge in [0, 0.05) is 19.6 Å². The van der Waals surface area contributed by atoms with Crippen molar-refractivity contribution >= 4 is 17.7 Å². The molecule has 1 aliphatic heterocycles. The predicted octanol–water partition coefficient (Wildman–Crippen LogP) is 1.83. The lowest BCUT2D eigenvalue weighted by atomic mass is 10.1. The molecule has 1 aromatic heterocycles. The van der Waals surface area contributed by atoms with E-state index < -0.39 is 0 Å². The van der Waals surface area contributed by atoms with E-state index in [1.807, 2.05) is 32.2 Å². The van der Waals surface area contributed by atoms with Crippen molar-refractivity contribution < 1.29 is 13.9 Å². The van der Waals surface area contributed by atoms with Gasteiger partial charge in [0.15, 0.2) is 0 Å². The zero-order chi connectivity index (χ0) is 15.2. The van der Waals surface area contributed by atoms with E-state index in [2.05, 4.69) is 10.2 Å². The van der Waals surface area contributed by atoms with Gasteiger partial charge in [-0.15, -0.1) is 0 Å². The first-order chi connectivity index (χ1) is 10.1. The summed E-state index contributed by atoms with van der Waals surface area (Å²) < 4.78 is 11.2. The molecule has 1 aromatic rings. The predicted molar refractivity (Wildman–Crippen MR) is 84.6 cm³/mol. The molecule has 2 heterocycles. The Balaban J connectivity index is 2.03. The highest BCUT2D eigenvalue weighted by molar-refractivity contribution is 7.99. The van der Waals surface area contributed by atoms with E-state index in [1.165, 1.54) is 0 Å². The number of morpholine rings is 1. The molecule has 1 fully saturated rings. The third-order valence-corrected chi connectivity index (χ3v) is 4.69. The van der Waals surface area contributed by atoms with Gasteiger partial charge < -0.3 is 14.5 Å². The van der Waals surface area contributed by atoms with Crippen LogP contribution in [0.1, 0.15) is 24.5 Å². The Hall–Kier alpha value is -0.980. The minimum absolute atomic E-state index is 0.0336. The fourth-order valence-corrected chi connectivity index (χ4v) is 2.68. The van der Waals surface area contributed by atoms with Gasteiger partial charge in [-0.1, -0.05) is 0 Å². The molecule has 6 heteroatoms. The van der Waals surface area contributed by atoms with Gasteiger partial charge in [-0.25, -0.2) is 0 Å². The average Bonchev–Trinajstić information content (AvgIpc) is 2.93. The molecule has 0 aromatic carbocycles. The lowest BCUT2D eigenvalue weighted by Gasteiger charge is -2.33. The van der Waals surface area contributed by atoms with Gasteiger partial charge >= 0.3 is 0 Å². The van der Waals surface area contributed by atoms with E-state index in [-0.39, 0.29) is 17.2 Å². The molecule has 0 unspecified atom stereocenters. The number of carbonyl (C=O) groups is 1. The largest absolute Gasteiger partial charge is 0.465 e. The van der Waals surface area contributed by atoms with Crippen LogP contribution in [0.4, 0.5) is 0 Å². The highest BCUT2D eigenvalue weighted by Crippen LogP contribution is 2.23. The second-order valence-electron chi connectivity index (χ2n) is 5.24. The Bertz CT molecular complexity index is 458. The van der Waals surface area contributed by atoms with Crippen LogP contribution in [0.3, 0.4) is 0 Å². The second-order valence-corrected chi connectivity index (χ2v) is 6.41. The third-order valence-electron chi connectivity index (χ3n) is 3.77. The molecule has 2 rings (SSSR count). The van der Waals surface area contributed by atoms with E-state index in [1.54, 1.807) is 11.8 Å². The molecule has 0 radical (unpaired) electrons. The maximum absolute atomic E-state index is 12.0. The number of ether oxygens (including phenoxy) is 1. The van der Waals surface area contributed by atoms with Crippen LogP contribution in [0.5, 0.6) is 0 Å². The maximum Gasteiger partial charge on any atom is 0.232 e. The van der Waals surface area contributed by atoms with Crippen LogP contribution in [-0.2, 0) is 9.53 Å². The Morgan fingerprint density at radius 1 is 1.43 bits per heavy atom. The molecule has 1 saturated heterocycles. The van der Waals surface area contributed by atoms with Gasteiger partial charge in [0.1, 0.15) is 11.5 Å². The van der Waals surface area contributed by atoms with Crippen LogP contribution in [0.25, 0.3) is 0 Å². The topological polar surface area (TPSA) is 54.7 Å². The van der Waals surface area contributed by atoms with Gasteiger partial charge in [-0.2, -0.15) is 11.8 Å². The molecule has 1 N–H and O–H groups in total. The van der Waals surface area contributed by atoms with Crippen molar-refractivity contribution in [2.24, 2.45) is 0 Å². The van der Waals surface area contributed by atoms with Crippen LogP contribution >= 0.6 is 11.8 Å². The van der Waals surface area contributed by atoms with Gasteiger partial charge in [-0.05, 0) is 32.2 Å². The van der Waals surface area contributed by atoms with Crippen molar-refractivity contribution in [3.63, 3.8) is 0 Å². The van der Waals surface area contributed by atoms with Gasteiger partial charge in [0.25, 0.3) is 0 Å². The minimum atomic E-state index is -0.0336. The lowest BCUT2D eigenvalue weighted by molar-refractivity contribution is -0.120. The molecular weight excluding hydrogens is 288 g/mol. The summed E-state index contributed by atoms with van der Waals surface area (Å²) in [6, 6.07) is 4.04. The Morgan fingerprint density at radius 2 is 2.14 bits per heavy atom. The molecule has 118 valence electrons. The SMILES string of the molecule is CS[C@H](C)C(=O)NC[C@@H](c1ccc(C)o1)N1CCOCC1. The summed E-state index contributed by atoms with van der Waals surface area (Å²) in [5.74, 6) is 1.88. The van der Waals surface area contributed by atoms with E-state index >= 15 is 0 Å². The Labute approximate surface area is 130 Å². The fraction of sp³-hybridized carbons (Fsp3) is 0.667. The molecule has 21 heavy (non-hydrogen) atoms. The van der Waals surface area contributed by atoms with Crippen LogP contribution in [0.15, 0.2) is 16.5 Å². The number of hydrogen-bond acceptors (Lipinski definition) is 5. The molecule has 2 atom stereocenters. The molecule has 5 nitrogen and oxygen atoms in total. The fourth-order valence-electron chi connectivity index (χ4n) is 2.38. The number of hydrogen-bond donors (Lipinski definition) is 1. The summed E-state index contributed by atoms with van der Waals surface area (Å²) in [6.07, 6.45) is 1.94. The summed E-state index contributed by atoms with van der Waals surface area (Å²) >= 11 is 1.55. The summed E-state index contributed by atoms with van der Waals surface area (Å²) in [5, 5.41) is 3.00. The first-order valence-electron chi connectivity index (χ1n) is 7.30. The van der Waals surface area contributed by atoms with Crippen molar-refractivity contribution in [2.75, 3.05) is 39.1 Å². The van der Waals surface area contributed by atoms with Gasteiger partial charge in [-0.3, -0.25) is 9.69 Å². The summed E-state index contributed by atoms with van der Waals surface area (Å²) in [5.41, 5.74) is 0. The molecule has 1 aliphatic rings. The minimum Gasteiger partial charge on any atom is -0.465 e. The summed E-state index contributed by atoms with van der Waals surface area (Å²) in [6.45, 7) is 7.60. The number of nitrogens with one attached hydrogen (secondary N) is 1. The normalized spacial score (nSPS) is 19.2. The summed E-state index contributed by atoms with van der Waals surface area (Å²) in [7, 11) is 0. The molecule has 0 saturated carbocycles. The number of rotatable bonds is 6. The monoisotopic (exact) mass is 312 g/mol. The highest BCUT2D eigenvalue weighted by atomic mass is 32.2. The zero-order valence-corrected chi connectivity index (χ0v) is 13.7. The number of nitrogens with zero attached hydrogens (tertiary/aromatic N) is 1. The van der Waals surface area contributed by atoms with E-state index in [0.717, 1.165) is 37.8 Å². The van der Waals surface area contributed by atoms with E-state index in [9.17, 15) is 4.79 Å². The molecule has 0 spiro atoms. The van der Waals surface area contributed by atoms with Gasteiger partial charge in [0.2, 0.25) is 5.91 Å². The summed E-state index contributed by atoms with van der Waals surface area (Å²) in [4.78, 5) is 14.3. The van der Waals surface area contributed by atoms with Gasteiger partial charge in [0.05, 0.1) is 24.5 Å². The van der Waals surface area contributed by atoms with E-state index in [0.29, 0.717) is 6.54 Å². The number of carbonyl (C=O) groups excluding carboxylic acids is 1. The highest BCUT2D eigenvalue weighted by Gasteiger charge is 2.26. The van der Waals surface area contributed by atoms with E-state index in [4.69, 9.17) is 9.15 Å². The number of amides is 1. The van der Waals surface area contributed by atoms with Crippen molar-refractivity contribution in [3.05, 3.63) is 23.7 Å². The quantitative estimate of drug-likeness (QED) is 0.868. The number of aryl methyl sites for hydroxylation is 1. The lowest BCUT2D eigenvalue weighted by Crippen LogP contribution is -2.44. The first-order valence-corrected chi connectivity index (χ1v) is 8.59. The second kappa shape index (κ2) is 7.87. The third kappa shape index (κ3) is 4.49. The standard InChI is InChI=1S/C15H24N2O3S/c1-11-4-5-14(20-11)13(17-6-8-19-9-7-17)10-16-15(18)12(2)21-3/h4-5,12-13H,6-10H2,1-3H3,(H,16,18)/t12-,13+/m1/s1. The molecular formula is C15H24N2O3S.